The Morgan fingerprint density at radius 3 is 2.60 bits per heavy atom. The van der Waals surface area contributed by atoms with Crippen molar-refractivity contribution in [1.29, 1.82) is 0 Å². The molecule has 1 aliphatic rings. The normalized spacial score (nSPS) is 30.8. The van der Waals surface area contributed by atoms with Gasteiger partial charge in [0.1, 0.15) is 0 Å². The average Bonchev–Trinajstić information content (AvgIpc) is 2.18. The Morgan fingerprint density at radius 2 is 2.13 bits per heavy atom. The Hall–Kier alpha value is -0.120. The first kappa shape index (κ1) is 12.9. The third-order valence-electron chi connectivity index (χ3n) is 3.58. The van der Waals surface area contributed by atoms with Gasteiger partial charge < -0.3 is 10.5 Å². The zero-order valence-electron chi connectivity index (χ0n) is 10.6. The van der Waals surface area contributed by atoms with Gasteiger partial charge in [-0.2, -0.15) is 0 Å². The minimum absolute atomic E-state index is 0.386. The van der Waals surface area contributed by atoms with Crippen LogP contribution in [0, 0.1) is 11.8 Å². The lowest BCUT2D eigenvalue weighted by atomic mass is 9.91. The zero-order valence-corrected chi connectivity index (χ0v) is 10.6. The number of nitrogens with zero attached hydrogens (tertiary/aromatic N) is 1. The van der Waals surface area contributed by atoms with Crippen LogP contribution >= 0.6 is 0 Å². The van der Waals surface area contributed by atoms with Crippen LogP contribution < -0.4 is 5.73 Å². The lowest BCUT2D eigenvalue weighted by Crippen LogP contribution is -2.52. The van der Waals surface area contributed by atoms with Gasteiger partial charge in [-0.3, -0.25) is 4.90 Å². The highest BCUT2D eigenvalue weighted by molar-refractivity contribution is 4.85. The molecule has 0 aliphatic carbocycles. The van der Waals surface area contributed by atoms with E-state index in [-0.39, 0.29) is 0 Å². The van der Waals surface area contributed by atoms with Gasteiger partial charge in [0.2, 0.25) is 0 Å². The number of rotatable bonds is 4. The highest BCUT2D eigenvalue weighted by atomic mass is 16.5. The molecule has 3 heteroatoms. The fourth-order valence-corrected chi connectivity index (χ4v) is 2.39. The van der Waals surface area contributed by atoms with Crippen molar-refractivity contribution >= 4 is 0 Å². The smallest absolute Gasteiger partial charge is 0.0620 e. The van der Waals surface area contributed by atoms with Crippen molar-refractivity contribution in [3.8, 4) is 0 Å². The van der Waals surface area contributed by atoms with Crippen LogP contribution in [-0.4, -0.2) is 43.8 Å². The van der Waals surface area contributed by atoms with Crippen LogP contribution in [0.4, 0.5) is 0 Å². The summed E-state index contributed by atoms with van der Waals surface area (Å²) in [6, 6.07) is 0.932. The Labute approximate surface area is 94.0 Å². The molecule has 0 spiro atoms. The first-order valence-electron chi connectivity index (χ1n) is 6.04. The lowest BCUT2D eigenvalue weighted by molar-refractivity contribution is 0.0342. The average molecular weight is 214 g/mol. The van der Waals surface area contributed by atoms with Crippen LogP contribution in [0.5, 0.6) is 0 Å². The third-order valence-corrected chi connectivity index (χ3v) is 3.58. The fraction of sp³-hybridized carbons (Fsp3) is 1.00. The molecule has 0 bridgehead atoms. The molecule has 15 heavy (non-hydrogen) atoms. The van der Waals surface area contributed by atoms with E-state index in [9.17, 15) is 0 Å². The number of ether oxygens (including phenoxy) is 1. The van der Waals surface area contributed by atoms with Crippen LogP contribution in [0.15, 0.2) is 0 Å². The summed E-state index contributed by atoms with van der Waals surface area (Å²) in [5.74, 6) is 1.25. The molecule has 0 saturated carbocycles. The molecule has 1 fully saturated rings. The van der Waals surface area contributed by atoms with E-state index >= 15 is 0 Å². The van der Waals surface area contributed by atoms with E-state index in [1.807, 2.05) is 0 Å². The Morgan fingerprint density at radius 1 is 1.47 bits per heavy atom. The number of methoxy groups -OCH3 is 1. The monoisotopic (exact) mass is 214 g/mol. The highest BCUT2D eigenvalue weighted by Crippen LogP contribution is 2.20. The Balaban J connectivity index is 2.53. The molecule has 0 amide bonds. The second-order valence-corrected chi connectivity index (χ2v) is 5.19. The summed E-state index contributed by atoms with van der Waals surface area (Å²) in [6.45, 7) is 9.86. The molecular formula is C12H26N2O. The van der Waals surface area contributed by atoms with Crippen molar-refractivity contribution in [3.05, 3.63) is 0 Å². The van der Waals surface area contributed by atoms with Crippen molar-refractivity contribution in [2.24, 2.45) is 17.6 Å². The summed E-state index contributed by atoms with van der Waals surface area (Å²) >= 11 is 0. The van der Waals surface area contributed by atoms with E-state index < -0.39 is 0 Å². The van der Waals surface area contributed by atoms with E-state index in [1.54, 1.807) is 7.11 Å². The molecule has 1 aliphatic heterocycles. The summed E-state index contributed by atoms with van der Waals surface area (Å²) in [5, 5.41) is 0. The van der Waals surface area contributed by atoms with Gasteiger partial charge in [-0.1, -0.05) is 20.8 Å². The van der Waals surface area contributed by atoms with Gasteiger partial charge in [-0.15, -0.1) is 0 Å². The summed E-state index contributed by atoms with van der Waals surface area (Å²) in [7, 11) is 1.79. The predicted octanol–water partition coefficient (Wildman–Crippen LogP) is 1.33. The van der Waals surface area contributed by atoms with Gasteiger partial charge in [-0.05, 0) is 18.3 Å². The molecule has 3 atom stereocenters. The minimum Gasteiger partial charge on any atom is -0.383 e. The molecule has 1 saturated heterocycles. The van der Waals surface area contributed by atoms with E-state index in [0.29, 0.717) is 23.9 Å². The highest BCUT2D eigenvalue weighted by Gasteiger charge is 2.29. The Bertz CT molecular complexity index is 184. The molecule has 0 radical (unpaired) electrons. The number of likely N-dealkylation sites (tertiary alicyclic amines) is 1. The maximum atomic E-state index is 6.03. The Kier molecular flexibility index (Phi) is 5.03. The van der Waals surface area contributed by atoms with Crippen LogP contribution in [0.1, 0.15) is 27.2 Å². The molecule has 2 N–H and O–H groups in total. The maximum Gasteiger partial charge on any atom is 0.0620 e. The molecule has 3 unspecified atom stereocenters. The van der Waals surface area contributed by atoms with Gasteiger partial charge in [0, 0.05) is 32.3 Å². The van der Waals surface area contributed by atoms with Gasteiger partial charge >= 0.3 is 0 Å². The van der Waals surface area contributed by atoms with Crippen LogP contribution in [-0.2, 0) is 4.74 Å². The standard InChI is InChI=1S/C12H26N2O/c1-9(2)12(8-15-4)14-6-5-11(13)10(3)7-14/h9-12H,5-8,13H2,1-4H3. The quantitative estimate of drug-likeness (QED) is 0.767. The van der Waals surface area contributed by atoms with Gasteiger partial charge in [0.25, 0.3) is 0 Å². The van der Waals surface area contributed by atoms with Gasteiger partial charge in [0.05, 0.1) is 6.61 Å². The first-order chi connectivity index (χ1) is 7.06. The molecule has 1 heterocycles. The molecule has 0 aromatic heterocycles. The van der Waals surface area contributed by atoms with Crippen molar-refractivity contribution in [1.82, 2.24) is 4.90 Å². The SMILES string of the molecule is COCC(C(C)C)N1CCC(N)C(C)C1. The predicted molar refractivity (Wildman–Crippen MR) is 63.8 cm³/mol. The minimum atomic E-state index is 0.386. The number of hydrogen-bond acceptors (Lipinski definition) is 3. The van der Waals surface area contributed by atoms with E-state index in [0.717, 1.165) is 26.1 Å². The van der Waals surface area contributed by atoms with E-state index in [2.05, 4.69) is 25.7 Å². The van der Waals surface area contributed by atoms with E-state index in [1.165, 1.54) is 0 Å². The third kappa shape index (κ3) is 3.44. The summed E-state index contributed by atoms with van der Waals surface area (Å²) in [4.78, 5) is 2.54. The molecule has 90 valence electrons. The number of piperidine rings is 1. The van der Waals surface area contributed by atoms with Crippen molar-refractivity contribution in [2.45, 2.75) is 39.3 Å². The van der Waals surface area contributed by atoms with Crippen molar-refractivity contribution in [3.63, 3.8) is 0 Å². The topological polar surface area (TPSA) is 38.5 Å². The van der Waals surface area contributed by atoms with Gasteiger partial charge in [0.15, 0.2) is 0 Å². The first-order valence-corrected chi connectivity index (χ1v) is 6.04. The van der Waals surface area contributed by atoms with Gasteiger partial charge in [-0.25, -0.2) is 0 Å². The number of hydrogen-bond donors (Lipinski definition) is 1. The summed E-state index contributed by atoms with van der Waals surface area (Å²) < 4.78 is 5.31. The largest absolute Gasteiger partial charge is 0.383 e. The van der Waals surface area contributed by atoms with Crippen LogP contribution in [0.25, 0.3) is 0 Å². The molecule has 0 aromatic rings. The zero-order chi connectivity index (χ0) is 11.4. The van der Waals surface area contributed by atoms with Crippen LogP contribution in [0.3, 0.4) is 0 Å². The summed E-state index contributed by atoms with van der Waals surface area (Å²) in [5.41, 5.74) is 6.03. The molecule has 0 aromatic carbocycles. The molecular weight excluding hydrogens is 188 g/mol. The van der Waals surface area contributed by atoms with Crippen molar-refractivity contribution < 1.29 is 4.74 Å². The number of nitrogens with two attached hydrogens (primary N) is 1. The second-order valence-electron chi connectivity index (χ2n) is 5.19. The molecule has 1 rings (SSSR count). The van der Waals surface area contributed by atoms with Crippen LogP contribution in [0.2, 0.25) is 0 Å². The van der Waals surface area contributed by atoms with E-state index in [4.69, 9.17) is 10.5 Å². The van der Waals surface area contributed by atoms with Crippen molar-refractivity contribution in [2.75, 3.05) is 26.8 Å². The summed E-state index contributed by atoms with van der Waals surface area (Å²) in [6.07, 6.45) is 1.12. The molecule has 3 nitrogen and oxygen atoms in total. The second kappa shape index (κ2) is 5.83. The lowest BCUT2D eigenvalue weighted by Gasteiger charge is -2.41. The fourth-order valence-electron chi connectivity index (χ4n) is 2.39. The maximum absolute atomic E-state index is 6.03.